The Hall–Kier alpha value is -1.99. The van der Waals surface area contributed by atoms with E-state index in [4.69, 9.17) is 0 Å². The van der Waals surface area contributed by atoms with Crippen molar-refractivity contribution in [1.29, 1.82) is 0 Å². The van der Waals surface area contributed by atoms with Crippen LogP contribution in [0.25, 0.3) is 10.9 Å². The van der Waals surface area contributed by atoms with Gasteiger partial charge in [0.05, 0.1) is 11.1 Å². The van der Waals surface area contributed by atoms with Crippen LogP contribution >= 0.6 is 23.1 Å². The normalized spacial score (nSPS) is 12.3. The number of nitrogens with one attached hydrogen (secondary N) is 1. The zero-order valence-electron chi connectivity index (χ0n) is 13.7. The molecule has 1 N–H and O–H groups in total. The first-order chi connectivity index (χ1) is 11.6. The molecule has 3 aromatic rings. The molecule has 1 aromatic carbocycles. The lowest BCUT2D eigenvalue weighted by atomic mass is 10.1. The van der Waals surface area contributed by atoms with E-state index in [1.54, 1.807) is 0 Å². The Morgan fingerprint density at radius 2 is 2.12 bits per heavy atom. The van der Waals surface area contributed by atoms with Gasteiger partial charge < -0.3 is 5.32 Å². The van der Waals surface area contributed by atoms with Crippen LogP contribution in [0.15, 0.2) is 39.7 Å². The highest BCUT2D eigenvalue weighted by Gasteiger charge is 2.15. The molecule has 0 fully saturated rings. The summed E-state index contributed by atoms with van der Waals surface area (Å²) in [5, 5.41) is 13.7. The molecule has 24 heavy (non-hydrogen) atoms. The number of rotatable bonds is 5. The molecular formula is C17H18N4OS2. The van der Waals surface area contributed by atoms with Crippen LogP contribution in [-0.4, -0.2) is 27.1 Å². The summed E-state index contributed by atoms with van der Waals surface area (Å²) in [6.07, 6.45) is 0.889. The molecule has 0 aliphatic heterocycles. The Morgan fingerprint density at radius 1 is 1.33 bits per heavy atom. The number of pyridine rings is 1. The van der Waals surface area contributed by atoms with Crippen LogP contribution in [0.5, 0.6) is 0 Å². The number of carbonyl (C=O) groups excluding carboxylic acids is 1. The summed E-state index contributed by atoms with van der Waals surface area (Å²) in [7, 11) is 0. The molecule has 0 saturated heterocycles. The number of nitrogens with zero attached hydrogens (tertiary/aromatic N) is 3. The molecule has 124 valence electrons. The SMILES string of the molecule is CC[C@H](C)NC(=O)c1cc(Sc2nnc(C)s2)nc2ccccc12. The maximum atomic E-state index is 12.7. The number of aromatic nitrogens is 3. The highest BCUT2D eigenvalue weighted by molar-refractivity contribution is 8.01. The van der Waals surface area contributed by atoms with Gasteiger partial charge in [0.2, 0.25) is 0 Å². The quantitative estimate of drug-likeness (QED) is 0.744. The van der Waals surface area contributed by atoms with Gasteiger partial charge in [0.25, 0.3) is 5.91 Å². The number of para-hydroxylation sites is 1. The highest BCUT2D eigenvalue weighted by atomic mass is 32.2. The summed E-state index contributed by atoms with van der Waals surface area (Å²) < 4.78 is 0.823. The maximum absolute atomic E-state index is 12.7. The fourth-order valence-corrected chi connectivity index (χ4v) is 3.99. The minimum absolute atomic E-state index is 0.0711. The molecule has 0 radical (unpaired) electrons. The summed E-state index contributed by atoms with van der Waals surface area (Å²) >= 11 is 2.95. The molecule has 0 aliphatic carbocycles. The van der Waals surface area contributed by atoms with Gasteiger partial charge in [-0.3, -0.25) is 4.79 Å². The Bertz CT molecular complexity index is 878. The molecular weight excluding hydrogens is 340 g/mol. The summed E-state index contributed by atoms with van der Waals surface area (Å²) in [4.78, 5) is 17.3. The lowest BCUT2D eigenvalue weighted by molar-refractivity contribution is 0.0940. The van der Waals surface area contributed by atoms with Crippen molar-refractivity contribution in [2.24, 2.45) is 0 Å². The third-order valence-corrected chi connectivity index (χ3v) is 5.43. The first-order valence-electron chi connectivity index (χ1n) is 7.75. The fraction of sp³-hybridized carbons (Fsp3) is 0.294. The van der Waals surface area contributed by atoms with Gasteiger partial charge in [-0.05, 0) is 44.2 Å². The van der Waals surface area contributed by atoms with Gasteiger partial charge >= 0.3 is 0 Å². The van der Waals surface area contributed by atoms with E-state index in [2.05, 4.69) is 27.4 Å². The summed E-state index contributed by atoms with van der Waals surface area (Å²) in [5.74, 6) is -0.0711. The topological polar surface area (TPSA) is 67.8 Å². The van der Waals surface area contributed by atoms with E-state index in [-0.39, 0.29) is 11.9 Å². The monoisotopic (exact) mass is 358 g/mol. The zero-order chi connectivity index (χ0) is 17.1. The largest absolute Gasteiger partial charge is 0.350 e. The Kier molecular flexibility index (Phi) is 5.11. The first-order valence-corrected chi connectivity index (χ1v) is 9.38. The van der Waals surface area contributed by atoms with Crippen LogP contribution in [0.2, 0.25) is 0 Å². The van der Waals surface area contributed by atoms with Crippen molar-refractivity contribution in [2.45, 2.75) is 42.6 Å². The van der Waals surface area contributed by atoms with Crippen LogP contribution in [0.1, 0.15) is 35.6 Å². The molecule has 2 aromatic heterocycles. The maximum Gasteiger partial charge on any atom is 0.252 e. The van der Waals surface area contributed by atoms with Crippen LogP contribution < -0.4 is 5.32 Å². The van der Waals surface area contributed by atoms with Gasteiger partial charge in [-0.15, -0.1) is 10.2 Å². The minimum atomic E-state index is -0.0711. The molecule has 0 spiro atoms. The molecule has 0 aliphatic rings. The van der Waals surface area contributed by atoms with E-state index in [1.807, 2.05) is 44.2 Å². The number of aryl methyl sites for hydroxylation is 1. The first kappa shape index (κ1) is 16.9. The number of hydrogen-bond donors (Lipinski definition) is 1. The summed E-state index contributed by atoms with van der Waals surface area (Å²) in [6, 6.07) is 9.66. The van der Waals surface area contributed by atoms with Gasteiger partial charge in [0.15, 0.2) is 4.34 Å². The fourth-order valence-electron chi connectivity index (χ4n) is 2.20. The van der Waals surface area contributed by atoms with Crippen LogP contribution in [0.3, 0.4) is 0 Å². The number of amides is 1. The number of fused-ring (bicyclic) bond motifs is 1. The predicted octanol–water partition coefficient (Wildman–Crippen LogP) is 4.07. The molecule has 2 heterocycles. The Balaban J connectivity index is 2.00. The molecule has 7 heteroatoms. The highest BCUT2D eigenvalue weighted by Crippen LogP contribution is 2.31. The van der Waals surface area contributed by atoms with Gasteiger partial charge in [-0.25, -0.2) is 4.98 Å². The second-order valence-electron chi connectivity index (χ2n) is 5.50. The van der Waals surface area contributed by atoms with Gasteiger partial charge in [0.1, 0.15) is 10.0 Å². The van der Waals surface area contributed by atoms with Gasteiger partial charge in [-0.1, -0.05) is 36.5 Å². The van der Waals surface area contributed by atoms with E-state index in [0.717, 1.165) is 31.7 Å². The van der Waals surface area contributed by atoms with E-state index in [9.17, 15) is 4.79 Å². The van der Waals surface area contributed by atoms with Crippen molar-refractivity contribution >= 4 is 39.9 Å². The number of benzene rings is 1. The van der Waals surface area contributed by atoms with E-state index < -0.39 is 0 Å². The Morgan fingerprint density at radius 3 is 2.83 bits per heavy atom. The van der Waals surface area contributed by atoms with Gasteiger partial charge in [0, 0.05) is 11.4 Å². The van der Waals surface area contributed by atoms with Crippen LogP contribution in [0.4, 0.5) is 0 Å². The minimum Gasteiger partial charge on any atom is -0.350 e. The van der Waals surface area contributed by atoms with E-state index >= 15 is 0 Å². The molecule has 0 unspecified atom stereocenters. The van der Waals surface area contributed by atoms with E-state index in [0.29, 0.717) is 5.56 Å². The molecule has 0 saturated carbocycles. The average Bonchev–Trinajstić information content (AvgIpc) is 2.98. The van der Waals surface area contributed by atoms with Crippen molar-refractivity contribution < 1.29 is 4.79 Å². The zero-order valence-corrected chi connectivity index (χ0v) is 15.4. The van der Waals surface area contributed by atoms with Crippen LogP contribution in [0, 0.1) is 6.92 Å². The summed E-state index contributed by atoms with van der Waals surface area (Å²) in [6.45, 7) is 5.97. The van der Waals surface area contributed by atoms with Crippen molar-refractivity contribution in [3.63, 3.8) is 0 Å². The Labute approximate surface area is 148 Å². The molecule has 3 rings (SSSR count). The van der Waals surface area contributed by atoms with Crippen molar-refractivity contribution in [2.75, 3.05) is 0 Å². The van der Waals surface area contributed by atoms with Crippen molar-refractivity contribution in [3.05, 3.63) is 40.9 Å². The molecule has 1 amide bonds. The standard InChI is InChI=1S/C17H18N4OS2/c1-4-10(2)18-16(22)13-9-15(24-17-21-20-11(3)23-17)19-14-8-6-5-7-12(13)14/h5-10H,4H2,1-3H3,(H,18,22)/t10-/m0/s1. The predicted molar refractivity (Wildman–Crippen MR) is 97.7 cm³/mol. The van der Waals surface area contributed by atoms with Crippen LogP contribution in [-0.2, 0) is 0 Å². The lowest BCUT2D eigenvalue weighted by Crippen LogP contribution is -2.32. The number of hydrogen-bond acceptors (Lipinski definition) is 6. The van der Waals surface area contributed by atoms with Gasteiger partial charge in [-0.2, -0.15) is 0 Å². The lowest BCUT2D eigenvalue weighted by Gasteiger charge is -2.13. The van der Waals surface area contributed by atoms with Crippen molar-refractivity contribution in [3.8, 4) is 0 Å². The van der Waals surface area contributed by atoms with E-state index in [1.165, 1.54) is 23.1 Å². The third kappa shape index (κ3) is 3.73. The smallest absolute Gasteiger partial charge is 0.252 e. The molecule has 1 atom stereocenters. The molecule has 0 bridgehead atoms. The summed E-state index contributed by atoms with van der Waals surface area (Å²) in [5.41, 5.74) is 1.45. The third-order valence-electron chi connectivity index (χ3n) is 3.63. The second-order valence-corrected chi connectivity index (χ2v) is 7.95. The second kappa shape index (κ2) is 7.27. The molecule has 5 nitrogen and oxygen atoms in total. The van der Waals surface area contributed by atoms with Crippen molar-refractivity contribution in [1.82, 2.24) is 20.5 Å². The number of carbonyl (C=O) groups is 1. The average molecular weight is 358 g/mol.